The predicted octanol–water partition coefficient (Wildman–Crippen LogP) is 3.23. The summed E-state index contributed by atoms with van der Waals surface area (Å²) in [5, 5.41) is 10.3. The number of phenolic OH excluding ortho intramolecular Hbond substituents is 1. The molecule has 0 bridgehead atoms. The van der Waals surface area contributed by atoms with E-state index < -0.39 is 0 Å². The highest BCUT2D eigenvalue weighted by atomic mass is 16.5. The van der Waals surface area contributed by atoms with Crippen molar-refractivity contribution >= 4 is 17.3 Å². The van der Waals surface area contributed by atoms with Crippen LogP contribution in [0.5, 0.6) is 17.2 Å². The standard InChI is InChI=1S/C20H18O6/c1-11-17(22)15(9-21)20-16(19(11)25-3)18(23)13(10-26-20)8-12-4-6-14(24-2)7-5-12/h4-7,9-10,22H,8H2,1-3H3. The highest BCUT2D eigenvalue weighted by Crippen LogP contribution is 2.37. The Morgan fingerprint density at radius 3 is 2.42 bits per heavy atom. The number of aldehydes is 1. The van der Waals surface area contributed by atoms with E-state index in [4.69, 9.17) is 13.9 Å². The van der Waals surface area contributed by atoms with Gasteiger partial charge < -0.3 is 19.0 Å². The third kappa shape index (κ3) is 2.79. The molecule has 1 heterocycles. The molecule has 26 heavy (non-hydrogen) atoms. The average molecular weight is 354 g/mol. The zero-order valence-corrected chi connectivity index (χ0v) is 14.7. The van der Waals surface area contributed by atoms with Crippen molar-refractivity contribution < 1.29 is 23.8 Å². The van der Waals surface area contributed by atoms with Crippen LogP contribution in [0.2, 0.25) is 0 Å². The molecule has 2 aromatic carbocycles. The van der Waals surface area contributed by atoms with Crippen LogP contribution in [0.1, 0.15) is 27.0 Å². The van der Waals surface area contributed by atoms with Crippen LogP contribution in [-0.2, 0) is 6.42 Å². The fourth-order valence-electron chi connectivity index (χ4n) is 2.96. The third-order valence-electron chi connectivity index (χ3n) is 4.36. The normalized spacial score (nSPS) is 10.7. The monoisotopic (exact) mass is 354 g/mol. The van der Waals surface area contributed by atoms with Gasteiger partial charge in [0.25, 0.3) is 0 Å². The fourth-order valence-corrected chi connectivity index (χ4v) is 2.96. The second-order valence-electron chi connectivity index (χ2n) is 5.86. The van der Waals surface area contributed by atoms with Crippen molar-refractivity contribution in [1.29, 1.82) is 0 Å². The molecule has 0 saturated carbocycles. The number of ether oxygens (including phenoxy) is 2. The Morgan fingerprint density at radius 2 is 1.85 bits per heavy atom. The summed E-state index contributed by atoms with van der Waals surface area (Å²) in [6.45, 7) is 1.58. The zero-order chi connectivity index (χ0) is 18.8. The summed E-state index contributed by atoms with van der Waals surface area (Å²) in [6.07, 6.45) is 2.13. The fraction of sp³-hybridized carbons (Fsp3) is 0.200. The highest BCUT2D eigenvalue weighted by Gasteiger charge is 2.22. The van der Waals surface area contributed by atoms with Crippen LogP contribution in [0, 0.1) is 6.92 Å². The van der Waals surface area contributed by atoms with E-state index in [1.54, 1.807) is 14.0 Å². The van der Waals surface area contributed by atoms with E-state index in [0.717, 1.165) is 11.3 Å². The van der Waals surface area contributed by atoms with Gasteiger partial charge in [-0.3, -0.25) is 9.59 Å². The zero-order valence-electron chi connectivity index (χ0n) is 14.7. The van der Waals surface area contributed by atoms with Crippen LogP contribution in [0.15, 0.2) is 39.7 Å². The minimum absolute atomic E-state index is 0.0171. The first kappa shape index (κ1) is 17.5. The van der Waals surface area contributed by atoms with Crippen molar-refractivity contribution in [3.8, 4) is 17.2 Å². The molecule has 1 N–H and O–H groups in total. The van der Waals surface area contributed by atoms with E-state index in [1.165, 1.54) is 13.4 Å². The molecule has 0 fully saturated rings. The van der Waals surface area contributed by atoms with Crippen LogP contribution in [0.4, 0.5) is 0 Å². The van der Waals surface area contributed by atoms with Crippen LogP contribution < -0.4 is 14.9 Å². The van der Waals surface area contributed by atoms with Gasteiger partial charge in [0.1, 0.15) is 28.2 Å². The van der Waals surface area contributed by atoms with Gasteiger partial charge in [0.2, 0.25) is 0 Å². The van der Waals surface area contributed by atoms with Gasteiger partial charge in [-0.1, -0.05) is 12.1 Å². The van der Waals surface area contributed by atoms with E-state index in [2.05, 4.69) is 0 Å². The van der Waals surface area contributed by atoms with Gasteiger partial charge in [0.15, 0.2) is 17.3 Å². The Bertz CT molecular complexity index is 1030. The molecule has 0 atom stereocenters. The van der Waals surface area contributed by atoms with E-state index in [-0.39, 0.29) is 33.5 Å². The molecule has 3 aromatic rings. The first-order chi connectivity index (χ1) is 12.5. The first-order valence-corrected chi connectivity index (χ1v) is 7.93. The summed E-state index contributed by atoms with van der Waals surface area (Å²) in [6, 6.07) is 7.34. The maximum absolute atomic E-state index is 13.0. The molecule has 0 aliphatic carbocycles. The van der Waals surface area contributed by atoms with E-state index in [0.29, 0.717) is 23.8 Å². The van der Waals surface area contributed by atoms with E-state index in [1.807, 2.05) is 24.3 Å². The highest BCUT2D eigenvalue weighted by molar-refractivity contribution is 6.01. The number of benzene rings is 2. The lowest BCUT2D eigenvalue weighted by Crippen LogP contribution is -2.12. The van der Waals surface area contributed by atoms with Gasteiger partial charge in [0.05, 0.1) is 20.5 Å². The number of rotatable bonds is 5. The van der Waals surface area contributed by atoms with Crippen molar-refractivity contribution in [3.63, 3.8) is 0 Å². The number of hydrogen-bond donors (Lipinski definition) is 1. The van der Waals surface area contributed by atoms with Crippen molar-refractivity contribution in [2.24, 2.45) is 0 Å². The number of carbonyl (C=O) groups excluding carboxylic acids is 1. The van der Waals surface area contributed by atoms with Gasteiger partial charge in [-0.25, -0.2) is 0 Å². The van der Waals surface area contributed by atoms with Crippen molar-refractivity contribution in [1.82, 2.24) is 0 Å². The van der Waals surface area contributed by atoms with Crippen LogP contribution in [0.3, 0.4) is 0 Å². The number of carbonyl (C=O) groups is 1. The summed E-state index contributed by atoms with van der Waals surface area (Å²) >= 11 is 0. The second-order valence-corrected chi connectivity index (χ2v) is 5.86. The van der Waals surface area contributed by atoms with Gasteiger partial charge in [-0.15, -0.1) is 0 Å². The molecule has 134 valence electrons. The molecular formula is C20H18O6. The van der Waals surface area contributed by atoms with E-state index >= 15 is 0 Å². The molecular weight excluding hydrogens is 336 g/mol. The van der Waals surface area contributed by atoms with E-state index in [9.17, 15) is 14.7 Å². The van der Waals surface area contributed by atoms with Gasteiger partial charge in [-0.2, -0.15) is 0 Å². The molecule has 0 unspecified atom stereocenters. The summed E-state index contributed by atoms with van der Waals surface area (Å²) in [7, 11) is 2.99. The van der Waals surface area contributed by atoms with Crippen LogP contribution >= 0.6 is 0 Å². The first-order valence-electron chi connectivity index (χ1n) is 7.93. The summed E-state index contributed by atoms with van der Waals surface area (Å²) in [5.74, 6) is 0.673. The molecule has 0 aliphatic heterocycles. The maximum Gasteiger partial charge on any atom is 0.199 e. The summed E-state index contributed by atoms with van der Waals surface area (Å²) in [4.78, 5) is 24.4. The van der Waals surface area contributed by atoms with Crippen molar-refractivity contribution in [3.05, 3.63) is 63.0 Å². The molecule has 6 heteroatoms. The lowest BCUT2D eigenvalue weighted by Gasteiger charge is -2.13. The van der Waals surface area contributed by atoms with Crippen LogP contribution in [0.25, 0.3) is 11.0 Å². The van der Waals surface area contributed by atoms with Gasteiger partial charge >= 0.3 is 0 Å². The Balaban J connectivity index is 2.20. The second kappa shape index (κ2) is 6.92. The molecule has 0 aliphatic rings. The number of methoxy groups -OCH3 is 2. The molecule has 0 amide bonds. The third-order valence-corrected chi connectivity index (χ3v) is 4.36. The quantitative estimate of drug-likeness (QED) is 0.708. The Kier molecular flexibility index (Phi) is 4.67. The molecule has 1 aromatic heterocycles. The molecule has 0 spiro atoms. The van der Waals surface area contributed by atoms with Gasteiger partial charge in [-0.05, 0) is 24.6 Å². The number of phenols is 1. The minimum Gasteiger partial charge on any atom is -0.507 e. The molecule has 3 rings (SSSR count). The molecule has 0 radical (unpaired) electrons. The van der Waals surface area contributed by atoms with Crippen LogP contribution in [-0.4, -0.2) is 25.6 Å². The SMILES string of the molecule is COc1ccc(Cc2coc3c(C=O)c(O)c(C)c(OC)c3c2=O)cc1. The number of aromatic hydroxyl groups is 1. The molecule has 6 nitrogen and oxygen atoms in total. The minimum atomic E-state index is -0.301. The molecule has 0 saturated heterocycles. The van der Waals surface area contributed by atoms with Gasteiger partial charge in [0, 0.05) is 17.5 Å². The summed E-state index contributed by atoms with van der Waals surface area (Å²) < 4.78 is 16.0. The smallest absolute Gasteiger partial charge is 0.199 e. The maximum atomic E-state index is 13.0. The Hall–Kier alpha value is -3.28. The average Bonchev–Trinajstić information content (AvgIpc) is 2.66. The Morgan fingerprint density at radius 1 is 1.15 bits per heavy atom. The van der Waals surface area contributed by atoms with Crippen molar-refractivity contribution in [2.45, 2.75) is 13.3 Å². The number of hydrogen-bond acceptors (Lipinski definition) is 6. The lowest BCUT2D eigenvalue weighted by atomic mass is 10.00. The predicted molar refractivity (Wildman–Crippen MR) is 96.6 cm³/mol. The Labute approximate surface area is 149 Å². The van der Waals surface area contributed by atoms with Crippen molar-refractivity contribution in [2.75, 3.05) is 14.2 Å². The summed E-state index contributed by atoms with van der Waals surface area (Å²) in [5.41, 5.74) is 1.29. The lowest BCUT2D eigenvalue weighted by molar-refractivity contribution is 0.112. The topological polar surface area (TPSA) is 86.0 Å². The largest absolute Gasteiger partial charge is 0.507 e. The number of fused-ring (bicyclic) bond motifs is 1.